The molecule has 0 aromatic rings. The first-order chi connectivity index (χ1) is 12.2. The second-order valence-electron chi connectivity index (χ2n) is 6.75. The molecular weight excluding hydrogens is 354 g/mol. The number of methoxy groups -OCH3 is 2. The topological polar surface area (TPSA) is 72.5 Å². The van der Waals surface area contributed by atoms with E-state index in [1.54, 1.807) is 7.11 Å². The maximum atomic E-state index is 12.6. The average molecular weight is 379 g/mol. The van der Waals surface area contributed by atoms with Gasteiger partial charge in [0.25, 0.3) is 0 Å². The van der Waals surface area contributed by atoms with Gasteiger partial charge in [0.05, 0.1) is 40.1 Å². The molecule has 26 heavy (non-hydrogen) atoms. The molecular formula is C14H24B4O7P-. The van der Waals surface area contributed by atoms with Crippen LogP contribution in [0.3, 0.4) is 0 Å². The molecule has 0 spiro atoms. The zero-order chi connectivity index (χ0) is 19.5. The van der Waals surface area contributed by atoms with Gasteiger partial charge in [-0.05, 0) is 0 Å². The second kappa shape index (κ2) is 9.64. The second-order valence-corrected chi connectivity index (χ2v) is 8.30. The summed E-state index contributed by atoms with van der Waals surface area (Å²) in [5, 5.41) is 0. The summed E-state index contributed by atoms with van der Waals surface area (Å²) >= 11 is 0. The fourth-order valence-corrected chi connectivity index (χ4v) is 4.50. The lowest BCUT2D eigenvalue weighted by Gasteiger charge is -2.34. The molecule has 9 atom stereocenters. The summed E-state index contributed by atoms with van der Waals surface area (Å²) in [5.41, 5.74) is 0. The zero-order valence-electron chi connectivity index (χ0n) is 15.6. The molecule has 2 aliphatic rings. The van der Waals surface area contributed by atoms with Crippen molar-refractivity contribution in [2.45, 2.75) is 50.3 Å². The minimum absolute atomic E-state index is 0.0315. The van der Waals surface area contributed by atoms with Crippen molar-refractivity contribution in [1.82, 2.24) is 0 Å². The highest BCUT2D eigenvalue weighted by molar-refractivity contribution is 7.79. The number of ether oxygens (including phenoxy) is 4. The van der Waals surface area contributed by atoms with E-state index in [0.29, 0.717) is 0 Å². The smallest absolute Gasteiger partial charge is 0.109 e. The molecule has 0 saturated carbocycles. The molecule has 0 amide bonds. The van der Waals surface area contributed by atoms with Gasteiger partial charge in [-0.2, -0.15) is 0 Å². The van der Waals surface area contributed by atoms with Gasteiger partial charge in [0.2, 0.25) is 0 Å². The molecule has 0 N–H and O–H groups in total. The van der Waals surface area contributed by atoms with Gasteiger partial charge in [-0.3, -0.25) is 0 Å². The molecule has 2 rings (SSSR count). The molecule has 0 aromatic heterocycles. The lowest BCUT2D eigenvalue weighted by atomic mass is 9.49. The Hall–Kier alpha value is 0.250. The summed E-state index contributed by atoms with van der Waals surface area (Å²) in [7, 11) is 17.9. The molecule has 3 unspecified atom stereocenters. The van der Waals surface area contributed by atoms with Crippen LogP contribution in [0.1, 0.15) is 13.8 Å². The first-order valence-electron chi connectivity index (χ1n) is 8.59. The van der Waals surface area contributed by atoms with Crippen molar-refractivity contribution >= 4 is 37.8 Å². The molecule has 0 aromatic carbocycles. The van der Waals surface area contributed by atoms with Gasteiger partial charge in [-0.15, -0.1) is 0 Å². The highest BCUT2D eigenvalue weighted by Gasteiger charge is 2.43. The van der Waals surface area contributed by atoms with Crippen LogP contribution in [-0.2, 0) is 32.6 Å². The number of rotatable bonds is 9. The van der Waals surface area contributed by atoms with E-state index in [1.807, 2.05) is 13.8 Å². The minimum atomic E-state index is -3.87. The first-order valence-corrected chi connectivity index (χ1v) is 10.2. The van der Waals surface area contributed by atoms with Crippen molar-refractivity contribution in [2.75, 3.05) is 27.4 Å². The molecule has 2 fully saturated rings. The molecule has 7 nitrogen and oxygen atoms in total. The predicted molar refractivity (Wildman–Crippen MR) is 99.8 cm³/mol. The summed E-state index contributed by atoms with van der Waals surface area (Å²) in [6.45, 7) is 3.97. The van der Waals surface area contributed by atoms with Gasteiger partial charge in [-0.1, -0.05) is 13.8 Å². The van der Waals surface area contributed by atoms with Crippen LogP contribution >= 0.6 is 7.47 Å². The van der Waals surface area contributed by atoms with Crippen molar-refractivity contribution in [2.24, 2.45) is 11.8 Å². The Bertz CT molecular complexity index is 502. The Balaban J connectivity index is 1.95. The van der Waals surface area contributed by atoms with E-state index in [0.717, 1.165) is 0 Å². The molecule has 8 radical (unpaired) electrons. The van der Waals surface area contributed by atoms with Crippen LogP contribution in [0.25, 0.3) is 0 Å². The van der Waals surface area contributed by atoms with Crippen molar-refractivity contribution in [3.8, 4) is 0 Å². The monoisotopic (exact) mass is 379 g/mol. The third kappa shape index (κ3) is 5.19. The van der Waals surface area contributed by atoms with Gasteiger partial charge >= 0.3 is 0 Å². The summed E-state index contributed by atoms with van der Waals surface area (Å²) < 4.78 is 45.4. The van der Waals surface area contributed by atoms with Crippen molar-refractivity contribution in [1.29, 1.82) is 0 Å². The maximum absolute atomic E-state index is 12.6. The van der Waals surface area contributed by atoms with Gasteiger partial charge in [0.15, 0.2) is 0 Å². The van der Waals surface area contributed by atoms with E-state index in [1.165, 1.54) is 14.3 Å². The zero-order valence-corrected chi connectivity index (χ0v) is 16.5. The SMILES string of the molecule is [B][B][C@@H]1O[C@H](COP([B-])(=O)O[C@@H]2C(C)[C@H]([B])O[C@@H]2COC)[C@H](OC)C1C. The molecule has 2 heterocycles. The third-order valence-electron chi connectivity index (χ3n) is 4.95. The molecule has 0 aliphatic carbocycles. The van der Waals surface area contributed by atoms with Crippen LogP contribution in [0.4, 0.5) is 0 Å². The molecule has 0 bridgehead atoms. The van der Waals surface area contributed by atoms with E-state index in [9.17, 15) is 4.57 Å². The van der Waals surface area contributed by atoms with Crippen LogP contribution in [0, 0.1) is 11.8 Å². The molecule has 12 heteroatoms. The highest BCUT2D eigenvalue weighted by Crippen LogP contribution is 2.48. The standard InChI is InChI=1S/C14H24B4O7P/c1-7-12(9(5-20-3)23-13(7)15)25-26(17,19)22-6-10-11(21-4)8(2)14(18-16)24-10/h7-14H,5-6H2,1-4H3/q-1/t7?,8?,9-,10-,11-,12-,13-,14-,26?/m1/s1. The number of hydrogen-bond donors (Lipinski definition) is 0. The highest BCUT2D eigenvalue weighted by atomic mass is 31.2. The first kappa shape index (κ1) is 22.5. The lowest BCUT2D eigenvalue weighted by Crippen LogP contribution is -2.33. The molecule has 2 aliphatic heterocycles. The third-order valence-corrected chi connectivity index (χ3v) is 6.00. The average Bonchev–Trinajstić information content (AvgIpc) is 3.04. The summed E-state index contributed by atoms with van der Waals surface area (Å²) in [5.74, 6) is -0.190. The van der Waals surface area contributed by atoms with Crippen molar-refractivity contribution < 1.29 is 32.6 Å². The fourth-order valence-electron chi connectivity index (χ4n) is 3.42. The number of hydrogen-bond acceptors (Lipinski definition) is 7. The Labute approximate surface area is 160 Å². The Kier molecular flexibility index (Phi) is 8.35. The van der Waals surface area contributed by atoms with Crippen molar-refractivity contribution in [3.63, 3.8) is 0 Å². The Morgan fingerprint density at radius 3 is 2.35 bits per heavy atom. The van der Waals surface area contributed by atoms with Crippen LogP contribution in [0.15, 0.2) is 0 Å². The van der Waals surface area contributed by atoms with Crippen LogP contribution in [-0.4, -0.2) is 94.2 Å². The predicted octanol–water partition coefficient (Wildman–Crippen LogP) is 0.00440. The van der Waals surface area contributed by atoms with Gasteiger partial charge in [0, 0.05) is 45.8 Å². The fraction of sp³-hybridized carbons (Fsp3) is 1.00. The van der Waals surface area contributed by atoms with Crippen LogP contribution in [0.2, 0.25) is 0 Å². The van der Waals surface area contributed by atoms with E-state index in [4.69, 9.17) is 51.1 Å². The largest absolute Gasteiger partial charge is 0.444 e. The Morgan fingerprint density at radius 2 is 1.77 bits per heavy atom. The van der Waals surface area contributed by atoms with E-state index in [2.05, 4.69) is 0 Å². The van der Waals surface area contributed by atoms with Crippen LogP contribution < -0.4 is 0 Å². The Morgan fingerprint density at radius 1 is 1.12 bits per heavy atom. The van der Waals surface area contributed by atoms with Gasteiger partial charge < -0.3 is 40.1 Å². The minimum Gasteiger partial charge on any atom is -0.444 e. The van der Waals surface area contributed by atoms with Crippen LogP contribution in [0.5, 0.6) is 0 Å². The molecule has 2 saturated heterocycles. The van der Waals surface area contributed by atoms with E-state index < -0.39 is 31.8 Å². The van der Waals surface area contributed by atoms with Gasteiger partial charge in [0.1, 0.15) is 20.1 Å². The quantitative estimate of drug-likeness (QED) is 0.413. The summed E-state index contributed by atoms with van der Waals surface area (Å²) in [6, 6.07) is -0.836. The van der Waals surface area contributed by atoms with Crippen molar-refractivity contribution in [3.05, 3.63) is 0 Å². The van der Waals surface area contributed by atoms with E-state index >= 15 is 0 Å². The summed E-state index contributed by atoms with van der Waals surface area (Å²) in [4.78, 5) is 0. The van der Waals surface area contributed by atoms with Gasteiger partial charge in [-0.25, -0.2) is 0 Å². The summed E-state index contributed by atoms with van der Waals surface area (Å²) in [6.07, 6.45) is -1.80. The molecule has 140 valence electrons. The van der Waals surface area contributed by atoms with E-state index in [-0.39, 0.29) is 37.2 Å². The lowest BCUT2D eigenvalue weighted by molar-refractivity contribution is -0.0292. The maximum Gasteiger partial charge on any atom is 0.109 e. The normalized spacial score (nSPS) is 42.7.